The van der Waals surface area contributed by atoms with Crippen LogP contribution in [-0.4, -0.2) is 6.54 Å². The Morgan fingerprint density at radius 3 is 2.05 bits per heavy atom. The molecular weight excluding hydrogens is 254 g/mol. The van der Waals surface area contributed by atoms with E-state index in [1.54, 1.807) is 0 Å². The largest absolute Gasteiger partial charge is 0.330 e. The predicted molar refractivity (Wildman–Crippen MR) is 81.6 cm³/mol. The maximum Gasteiger partial charge on any atom is 0.0406 e. The Balaban J connectivity index is 1.78. The Bertz CT molecular complexity index is 421. The molecule has 0 heterocycles. The first-order chi connectivity index (χ1) is 9.18. The van der Waals surface area contributed by atoms with Crippen LogP contribution in [0.4, 0.5) is 0 Å². The van der Waals surface area contributed by atoms with E-state index in [4.69, 9.17) is 17.3 Å². The van der Waals surface area contributed by atoms with Gasteiger partial charge in [-0.25, -0.2) is 0 Å². The van der Waals surface area contributed by atoms with E-state index in [-0.39, 0.29) is 5.41 Å². The van der Waals surface area contributed by atoms with Crippen molar-refractivity contribution in [3.05, 3.63) is 34.9 Å². The third-order valence-corrected chi connectivity index (χ3v) is 5.69. The summed E-state index contributed by atoms with van der Waals surface area (Å²) in [5, 5.41) is 0.819. The molecule has 3 rings (SSSR count). The van der Waals surface area contributed by atoms with E-state index in [1.807, 2.05) is 12.1 Å². The molecular formula is C17H24ClN. The molecule has 0 atom stereocenters. The molecule has 0 saturated heterocycles. The van der Waals surface area contributed by atoms with Crippen molar-refractivity contribution in [3.8, 4) is 0 Å². The molecule has 1 aromatic rings. The molecule has 1 nitrogen and oxygen atoms in total. The summed E-state index contributed by atoms with van der Waals surface area (Å²) in [5.41, 5.74) is 8.37. The molecule has 104 valence electrons. The van der Waals surface area contributed by atoms with Gasteiger partial charge in [0.25, 0.3) is 0 Å². The molecule has 2 heteroatoms. The van der Waals surface area contributed by atoms with Crippen LogP contribution in [0.3, 0.4) is 0 Å². The quantitative estimate of drug-likeness (QED) is 0.835. The third-order valence-electron chi connectivity index (χ3n) is 5.44. The summed E-state index contributed by atoms with van der Waals surface area (Å²) >= 11 is 6.00. The molecule has 2 fully saturated rings. The van der Waals surface area contributed by atoms with Crippen LogP contribution in [-0.2, 0) is 5.41 Å². The van der Waals surface area contributed by atoms with Gasteiger partial charge in [0.2, 0.25) is 0 Å². The molecule has 0 amide bonds. The molecule has 0 aliphatic heterocycles. The number of halogens is 1. The third kappa shape index (κ3) is 2.43. The molecule has 2 N–H and O–H groups in total. The van der Waals surface area contributed by atoms with Crippen LogP contribution in [0.25, 0.3) is 0 Å². The van der Waals surface area contributed by atoms with Crippen LogP contribution >= 0.6 is 11.6 Å². The first-order valence-corrected chi connectivity index (χ1v) is 8.02. The monoisotopic (exact) mass is 277 g/mol. The van der Waals surface area contributed by atoms with Crippen molar-refractivity contribution in [1.82, 2.24) is 0 Å². The van der Waals surface area contributed by atoms with Gasteiger partial charge in [-0.1, -0.05) is 49.4 Å². The highest BCUT2D eigenvalue weighted by atomic mass is 35.5. The first kappa shape index (κ1) is 13.5. The van der Waals surface area contributed by atoms with Gasteiger partial charge in [0.15, 0.2) is 0 Å². The fourth-order valence-electron chi connectivity index (χ4n) is 4.49. The van der Waals surface area contributed by atoms with Crippen LogP contribution in [0, 0.1) is 5.41 Å². The van der Waals surface area contributed by atoms with E-state index in [9.17, 15) is 0 Å². The van der Waals surface area contributed by atoms with E-state index in [2.05, 4.69) is 12.1 Å². The second-order valence-corrected chi connectivity index (χ2v) is 7.20. The van der Waals surface area contributed by atoms with Gasteiger partial charge in [-0.15, -0.1) is 0 Å². The Hall–Kier alpha value is -0.530. The van der Waals surface area contributed by atoms with Crippen molar-refractivity contribution in [2.75, 3.05) is 6.54 Å². The minimum atomic E-state index is 0.231. The first-order valence-electron chi connectivity index (χ1n) is 7.64. The minimum absolute atomic E-state index is 0.231. The van der Waals surface area contributed by atoms with Gasteiger partial charge in [-0.05, 0) is 48.8 Å². The van der Waals surface area contributed by atoms with E-state index >= 15 is 0 Å². The lowest BCUT2D eigenvalue weighted by molar-refractivity contribution is 0.0113. The average Bonchev–Trinajstić information content (AvgIpc) is 2.63. The van der Waals surface area contributed by atoms with E-state index in [0.717, 1.165) is 11.6 Å². The van der Waals surface area contributed by atoms with Crippen LogP contribution in [0.15, 0.2) is 24.3 Å². The van der Waals surface area contributed by atoms with Crippen molar-refractivity contribution in [2.45, 2.75) is 56.8 Å². The molecule has 2 saturated carbocycles. The van der Waals surface area contributed by atoms with Crippen LogP contribution in [0.1, 0.15) is 56.9 Å². The molecule has 0 radical (unpaired) electrons. The van der Waals surface area contributed by atoms with Crippen LogP contribution in [0.2, 0.25) is 5.02 Å². The van der Waals surface area contributed by atoms with Gasteiger partial charge < -0.3 is 5.73 Å². The number of hydrogen-bond donors (Lipinski definition) is 1. The lowest BCUT2D eigenvalue weighted by Crippen LogP contribution is -2.53. The Kier molecular flexibility index (Phi) is 3.61. The highest BCUT2D eigenvalue weighted by Crippen LogP contribution is 2.60. The fraction of sp³-hybridized carbons (Fsp3) is 0.647. The summed E-state index contributed by atoms with van der Waals surface area (Å²) in [6.07, 6.45) is 11.1. The summed E-state index contributed by atoms with van der Waals surface area (Å²) in [6, 6.07) is 8.37. The zero-order valence-corrected chi connectivity index (χ0v) is 12.4. The van der Waals surface area contributed by atoms with Gasteiger partial charge in [-0.2, -0.15) is 0 Å². The van der Waals surface area contributed by atoms with Crippen molar-refractivity contribution in [1.29, 1.82) is 0 Å². The number of nitrogens with two attached hydrogens (primary N) is 1. The average molecular weight is 278 g/mol. The van der Waals surface area contributed by atoms with E-state index in [1.165, 1.54) is 56.9 Å². The summed E-state index contributed by atoms with van der Waals surface area (Å²) in [4.78, 5) is 0. The molecule has 0 aromatic heterocycles. The summed E-state index contributed by atoms with van der Waals surface area (Å²) < 4.78 is 0. The van der Waals surface area contributed by atoms with Gasteiger partial charge >= 0.3 is 0 Å². The summed E-state index contributed by atoms with van der Waals surface area (Å²) in [5.74, 6) is 0. The highest BCUT2D eigenvalue weighted by molar-refractivity contribution is 6.30. The Morgan fingerprint density at radius 1 is 0.947 bits per heavy atom. The van der Waals surface area contributed by atoms with Crippen LogP contribution < -0.4 is 5.73 Å². The number of hydrogen-bond acceptors (Lipinski definition) is 1. The van der Waals surface area contributed by atoms with Crippen molar-refractivity contribution < 1.29 is 0 Å². The van der Waals surface area contributed by atoms with Crippen molar-refractivity contribution in [3.63, 3.8) is 0 Å². The van der Waals surface area contributed by atoms with Gasteiger partial charge in [0.1, 0.15) is 0 Å². The topological polar surface area (TPSA) is 26.0 Å². The van der Waals surface area contributed by atoms with Crippen molar-refractivity contribution in [2.24, 2.45) is 11.1 Å². The summed E-state index contributed by atoms with van der Waals surface area (Å²) in [7, 11) is 0. The predicted octanol–water partition coefficient (Wildman–Crippen LogP) is 4.67. The lowest BCUT2D eigenvalue weighted by atomic mass is 9.48. The lowest BCUT2D eigenvalue weighted by Gasteiger charge is -2.57. The molecule has 0 unspecified atom stereocenters. The van der Waals surface area contributed by atoms with Gasteiger partial charge in [0, 0.05) is 17.0 Å². The molecule has 19 heavy (non-hydrogen) atoms. The Morgan fingerprint density at radius 2 is 1.53 bits per heavy atom. The molecule has 1 spiro atoms. The molecule has 1 aromatic carbocycles. The molecule has 2 aliphatic carbocycles. The van der Waals surface area contributed by atoms with Gasteiger partial charge in [-0.3, -0.25) is 0 Å². The molecule has 0 bridgehead atoms. The van der Waals surface area contributed by atoms with Gasteiger partial charge in [0.05, 0.1) is 0 Å². The number of rotatable bonds is 2. The zero-order chi connectivity index (χ0) is 13.3. The normalized spacial score (nSPS) is 24.7. The summed E-state index contributed by atoms with van der Waals surface area (Å²) in [6.45, 7) is 0.774. The van der Waals surface area contributed by atoms with E-state index < -0.39 is 0 Å². The van der Waals surface area contributed by atoms with Crippen LogP contribution in [0.5, 0.6) is 0 Å². The second kappa shape index (κ2) is 5.10. The maximum atomic E-state index is 6.13. The SMILES string of the molecule is NCC1(c2ccc(Cl)cc2)CC2(CCCCCC2)C1. The fourth-order valence-corrected chi connectivity index (χ4v) is 4.61. The van der Waals surface area contributed by atoms with Crippen molar-refractivity contribution >= 4 is 11.6 Å². The minimum Gasteiger partial charge on any atom is -0.330 e. The standard InChI is InChI=1S/C17H24ClN/c18-15-7-5-14(6-8-15)17(13-19)11-16(12-17)9-3-1-2-4-10-16/h5-8H,1-4,9-13,19H2. The zero-order valence-electron chi connectivity index (χ0n) is 11.6. The van der Waals surface area contributed by atoms with E-state index in [0.29, 0.717) is 5.41 Å². The number of benzene rings is 1. The smallest absolute Gasteiger partial charge is 0.0406 e. The second-order valence-electron chi connectivity index (χ2n) is 6.76. The Labute approximate surface area is 121 Å². The maximum absolute atomic E-state index is 6.13. The highest BCUT2D eigenvalue weighted by Gasteiger charge is 2.53. The molecule has 2 aliphatic rings.